The predicted molar refractivity (Wildman–Crippen MR) is 72.9 cm³/mol. The topological polar surface area (TPSA) is 37.8 Å². The second-order valence-corrected chi connectivity index (χ2v) is 4.86. The molecule has 0 amide bonds. The van der Waals surface area contributed by atoms with E-state index in [1.807, 2.05) is 25.1 Å². The predicted octanol–water partition coefficient (Wildman–Crippen LogP) is 3.72. The zero-order valence-corrected chi connectivity index (χ0v) is 11.4. The third kappa shape index (κ3) is 3.27. The molecule has 4 heteroatoms. The Bertz CT molecular complexity index is 514. The number of rotatable bonds is 3. The van der Waals surface area contributed by atoms with Crippen molar-refractivity contribution in [3.05, 3.63) is 52.3 Å². The second kappa shape index (κ2) is 5.27. The minimum Gasteiger partial charge on any atom is -0.348 e. The first-order valence-corrected chi connectivity index (χ1v) is 6.26. The number of aryl methyl sites for hydroxylation is 1. The Morgan fingerprint density at radius 3 is 2.82 bits per heavy atom. The number of hydrogen-bond donors (Lipinski definition) is 1. The van der Waals surface area contributed by atoms with E-state index in [4.69, 9.17) is 0 Å². The van der Waals surface area contributed by atoms with Crippen molar-refractivity contribution in [3.8, 4) is 0 Å². The molecule has 0 aliphatic carbocycles. The number of aromatic nitrogens is 2. The van der Waals surface area contributed by atoms with E-state index in [1.165, 1.54) is 5.56 Å². The fraction of sp³-hybridized carbons (Fsp3) is 0.231. The van der Waals surface area contributed by atoms with E-state index in [1.54, 1.807) is 6.20 Å². The van der Waals surface area contributed by atoms with Crippen molar-refractivity contribution in [3.63, 3.8) is 0 Å². The zero-order valence-electron chi connectivity index (χ0n) is 9.81. The Morgan fingerprint density at radius 1 is 1.29 bits per heavy atom. The Morgan fingerprint density at radius 2 is 2.12 bits per heavy atom. The highest BCUT2D eigenvalue weighted by Crippen LogP contribution is 2.20. The van der Waals surface area contributed by atoms with Gasteiger partial charge in [0, 0.05) is 16.4 Å². The lowest BCUT2D eigenvalue weighted by Crippen LogP contribution is -2.09. The lowest BCUT2D eigenvalue weighted by molar-refractivity contribution is 0.856. The monoisotopic (exact) mass is 291 g/mol. The van der Waals surface area contributed by atoms with Crippen LogP contribution in [-0.2, 0) is 0 Å². The summed E-state index contributed by atoms with van der Waals surface area (Å²) in [5.41, 5.74) is 2.16. The van der Waals surface area contributed by atoms with Crippen LogP contribution in [0.25, 0.3) is 0 Å². The summed E-state index contributed by atoms with van der Waals surface area (Å²) in [6.07, 6.45) is 1.76. The third-order valence-corrected chi connectivity index (χ3v) is 2.98. The van der Waals surface area contributed by atoms with Crippen LogP contribution in [0.3, 0.4) is 0 Å². The molecule has 0 bridgehead atoms. The molecule has 0 spiro atoms. The summed E-state index contributed by atoms with van der Waals surface area (Å²) in [5.74, 6) is 0.664. The first-order chi connectivity index (χ1) is 8.15. The van der Waals surface area contributed by atoms with Gasteiger partial charge in [0.1, 0.15) is 0 Å². The summed E-state index contributed by atoms with van der Waals surface area (Å²) < 4.78 is 1.08. The van der Waals surface area contributed by atoms with Gasteiger partial charge in [0.15, 0.2) is 0 Å². The van der Waals surface area contributed by atoms with Crippen LogP contribution in [0, 0.1) is 6.92 Å². The molecule has 0 saturated heterocycles. The molecule has 0 aliphatic rings. The fourth-order valence-electron chi connectivity index (χ4n) is 1.57. The lowest BCUT2D eigenvalue weighted by atomic mass is 10.1. The number of nitrogens with one attached hydrogen (secondary N) is 1. The van der Waals surface area contributed by atoms with Crippen LogP contribution in [0.15, 0.2) is 41.0 Å². The number of benzene rings is 1. The number of anilines is 1. The minimum absolute atomic E-state index is 0.175. The molecule has 88 valence electrons. The van der Waals surface area contributed by atoms with Gasteiger partial charge in [-0.1, -0.05) is 28.1 Å². The SMILES string of the molecule is Cc1ccnc(NC(C)c2cccc(Br)c2)n1. The Kier molecular flexibility index (Phi) is 3.74. The van der Waals surface area contributed by atoms with Gasteiger partial charge in [0.05, 0.1) is 6.04 Å². The molecule has 1 aromatic carbocycles. The highest BCUT2D eigenvalue weighted by molar-refractivity contribution is 9.10. The molecular formula is C13H14BrN3. The summed E-state index contributed by atoms with van der Waals surface area (Å²) >= 11 is 3.47. The van der Waals surface area contributed by atoms with Crippen LogP contribution in [0.2, 0.25) is 0 Å². The molecular weight excluding hydrogens is 278 g/mol. The van der Waals surface area contributed by atoms with Crippen molar-refractivity contribution in [2.24, 2.45) is 0 Å². The molecule has 1 atom stereocenters. The maximum absolute atomic E-state index is 4.33. The minimum atomic E-state index is 0.175. The van der Waals surface area contributed by atoms with Crippen molar-refractivity contribution in [2.75, 3.05) is 5.32 Å². The molecule has 2 rings (SSSR count). The zero-order chi connectivity index (χ0) is 12.3. The van der Waals surface area contributed by atoms with Gasteiger partial charge in [0.2, 0.25) is 5.95 Å². The number of hydrogen-bond acceptors (Lipinski definition) is 3. The van der Waals surface area contributed by atoms with E-state index < -0.39 is 0 Å². The molecule has 3 nitrogen and oxygen atoms in total. The summed E-state index contributed by atoms with van der Waals surface area (Å²) in [6, 6.07) is 10.3. The molecule has 0 radical (unpaired) electrons. The van der Waals surface area contributed by atoms with Gasteiger partial charge in [-0.25, -0.2) is 9.97 Å². The van der Waals surface area contributed by atoms with Crippen LogP contribution in [-0.4, -0.2) is 9.97 Å². The van der Waals surface area contributed by atoms with Gasteiger partial charge < -0.3 is 5.32 Å². The maximum atomic E-state index is 4.33. The van der Waals surface area contributed by atoms with E-state index in [0.29, 0.717) is 5.95 Å². The maximum Gasteiger partial charge on any atom is 0.223 e. The molecule has 1 aromatic heterocycles. The van der Waals surface area contributed by atoms with Gasteiger partial charge in [-0.15, -0.1) is 0 Å². The molecule has 0 aliphatic heterocycles. The van der Waals surface area contributed by atoms with E-state index in [2.05, 4.69) is 50.3 Å². The number of halogens is 1. The summed E-state index contributed by atoms with van der Waals surface area (Å²) in [7, 11) is 0. The first-order valence-electron chi connectivity index (χ1n) is 5.47. The van der Waals surface area contributed by atoms with Gasteiger partial charge in [-0.05, 0) is 37.6 Å². The Hall–Kier alpha value is -1.42. The molecule has 17 heavy (non-hydrogen) atoms. The van der Waals surface area contributed by atoms with Gasteiger partial charge in [-0.2, -0.15) is 0 Å². The highest BCUT2D eigenvalue weighted by atomic mass is 79.9. The van der Waals surface area contributed by atoms with Gasteiger partial charge in [-0.3, -0.25) is 0 Å². The van der Waals surface area contributed by atoms with E-state index in [0.717, 1.165) is 10.2 Å². The van der Waals surface area contributed by atoms with Crippen LogP contribution in [0.4, 0.5) is 5.95 Å². The van der Waals surface area contributed by atoms with Crippen molar-refractivity contribution in [2.45, 2.75) is 19.9 Å². The molecule has 1 heterocycles. The molecule has 1 unspecified atom stereocenters. The first kappa shape index (κ1) is 12.0. The Balaban J connectivity index is 2.14. The largest absolute Gasteiger partial charge is 0.348 e. The van der Waals surface area contributed by atoms with Crippen LogP contribution in [0.5, 0.6) is 0 Å². The highest BCUT2D eigenvalue weighted by Gasteiger charge is 2.06. The number of nitrogens with zero attached hydrogens (tertiary/aromatic N) is 2. The summed E-state index contributed by atoms with van der Waals surface area (Å²) in [6.45, 7) is 4.05. The fourth-order valence-corrected chi connectivity index (χ4v) is 1.99. The Labute approximate surface area is 109 Å². The van der Waals surface area contributed by atoms with Crippen molar-refractivity contribution in [1.29, 1.82) is 0 Å². The van der Waals surface area contributed by atoms with Crippen LogP contribution < -0.4 is 5.32 Å². The van der Waals surface area contributed by atoms with Crippen LogP contribution >= 0.6 is 15.9 Å². The van der Waals surface area contributed by atoms with Crippen molar-refractivity contribution in [1.82, 2.24) is 9.97 Å². The second-order valence-electron chi connectivity index (χ2n) is 3.94. The third-order valence-electron chi connectivity index (χ3n) is 2.49. The molecule has 1 N–H and O–H groups in total. The van der Waals surface area contributed by atoms with E-state index >= 15 is 0 Å². The summed E-state index contributed by atoms with van der Waals surface area (Å²) in [4.78, 5) is 8.52. The molecule has 0 fully saturated rings. The van der Waals surface area contributed by atoms with Gasteiger partial charge in [0.25, 0.3) is 0 Å². The van der Waals surface area contributed by atoms with Crippen molar-refractivity contribution >= 4 is 21.9 Å². The average Bonchev–Trinajstić information content (AvgIpc) is 2.29. The average molecular weight is 292 g/mol. The van der Waals surface area contributed by atoms with E-state index in [-0.39, 0.29) is 6.04 Å². The van der Waals surface area contributed by atoms with Crippen molar-refractivity contribution < 1.29 is 0 Å². The van der Waals surface area contributed by atoms with Crippen LogP contribution in [0.1, 0.15) is 24.2 Å². The standard InChI is InChI=1S/C13H14BrN3/c1-9-6-7-15-13(16-9)17-10(2)11-4-3-5-12(14)8-11/h3-8,10H,1-2H3,(H,15,16,17). The van der Waals surface area contributed by atoms with Gasteiger partial charge >= 0.3 is 0 Å². The lowest BCUT2D eigenvalue weighted by Gasteiger charge is -2.14. The normalized spacial score (nSPS) is 12.2. The quantitative estimate of drug-likeness (QED) is 0.937. The molecule has 0 saturated carbocycles. The van der Waals surface area contributed by atoms with E-state index in [9.17, 15) is 0 Å². The summed E-state index contributed by atoms with van der Waals surface area (Å²) in [5, 5.41) is 3.28. The molecule has 2 aromatic rings. The smallest absolute Gasteiger partial charge is 0.223 e.